The molecule has 0 N–H and O–H groups in total. The highest BCUT2D eigenvalue weighted by Gasteiger charge is 2.23. The van der Waals surface area contributed by atoms with Crippen LogP contribution in [0.3, 0.4) is 0 Å². The quantitative estimate of drug-likeness (QED) is 0.367. The van der Waals surface area contributed by atoms with E-state index in [9.17, 15) is 14.0 Å². The molecule has 0 atom stereocenters. The van der Waals surface area contributed by atoms with Crippen molar-refractivity contribution in [3.63, 3.8) is 0 Å². The van der Waals surface area contributed by atoms with Gasteiger partial charge in [0.1, 0.15) is 17.5 Å². The van der Waals surface area contributed by atoms with Crippen LogP contribution in [0, 0.1) is 5.82 Å². The van der Waals surface area contributed by atoms with Crippen LogP contribution in [-0.4, -0.2) is 17.9 Å². The third-order valence-corrected chi connectivity index (χ3v) is 3.38. The second-order valence-electron chi connectivity index (χ2n) is 4.95. The Balaban J connectivity index is 2.20. The van der Waals surface area contributed by atoms with Gasteiger partial charge in [0.2, 0.25) is 0 Å². The summed E-state index contributed by atoms with van der Waals surface area (Å²) < 4.78 is 18.9. The van der Waals surface area contributed by atoms with Gasteiger partial charge in [-0.2, -0.15) is 0 Å². The molecule has 1 aliphatic carbocycles. The lowest BCUT2D eigenvalue weighted by Gasteiger charge is -2.12. The van der Waals surface area contributed by atoms with Crippen LogP contribution in [-0.2, 0) is 14.3 Å². The number of carbonyl (C=O) groups is 2. The first-order valence-corrected chi connectivity index (χ1v) is 6.76. The van der Waals surface area contributed by atoms with E-state index in [0.717, 1.165) is 25.7 Å². The molecule has 1 aliphatic rings. The van der Waals surface area contributed by atoms with Crippen molar-refractivity contribution in [2.75, 3.05) is 0 Å². The molecule has 1 fully saturated rings. The SMILES string of the molecule is CC(=O)C(=Cc1ccccc1F)C(=O)OC1CCCC1. The molecule has 0 aromatic heterocycles. The molecule has 0 aliphatic heterocycles. The number of benzene rings is 1. The number of rotatable bonds is 4. The van der Waals surface area contributed by atoms with E-state index in [2.05, 4.69) is 0 Å². The zero-order valence-corrected chi connectivity index (χ0v) is 11.4. The van der Waals surface area contributed by atoms with Crippen molar-refractivity contribution >= 4 is 17.8 Å². The Morgan fingerprint density at radius 2 is 1.90 bits per heavy atom. The molecule has 4 heteroatoms. The van der Waals surface area contributed by atoms with Gasteiger partial charge < -0.3 is 4.74 Å². The van der Waals surface area contributed by atoms with E-state index in [1.165, 1.54) is 25.1 Å². The van der Waals surface area contributed by atoms with E-state index in [-0.39, 0.29) is 17.2 Å². The average Bonchev–Trinajstić information content (AvgIpc) is 2.90. The summed E-state index contributed by atoms with van der Waals surface area (Å²) in [5.74, 6) is -1.55. The first-order valence-electron chi connectivity index (χ1n) is 6.76. The largest absolute Gasteiger partial charge is 0.459 e. The molecule has 0 saturated heterocycles. The first-order chi connectivity index (χ1) is 9.58. The van der Waals surface area contributed by atoms with Crippen LogP contribution in [0.25, 0.3) is 6.08 Å². The van der Waals surface area contributed by atoms with Gasteiger partial charge in [-0.05, 0) is 44.7 Å². The summed E-state index contributed by atoms with van der Waals surface area (Å²) in [6.07, 6.45) is 4.86. The minimum Gasteiger partial charge on any atom is -0.459 e. The van der Waals surface area contributed by atoms with E-state index in [1.54, 1.807) is 12.1 Å². The van der Waals surface area contributed by atoms with Gasteiger partial charge in [0, 0.05) is 5.56 Å². The van der Waals surface area contributed by atoms with Gasteiger partial charge in [0.25, 0.3) is 0 Å². The molecule has 1 aromatic rings. The van der Waals surface area contributed by atoms with Crippen molar-refractivity contribution in [2.24, 2.45) is 0 Å². The van der Waals surface area contributed by atoms with Gasteiger partial charge in [-0.3, -0.25) is 4.79 Å². The van der Waals surface area contributed by atoms with E-state index in [0.29, 0.717) is 0 Å². The van der Waals surface area contributed by atoms with Crippen molar-refractivity contribution in [3.05, 3.63) is 41.2 Å². The van der Waals surface area contributed by atoms with E-state index >= 15 is 0 Å². The third-order valence-electron chi connectivity index (χ3n) is 3.38. The Hall–Kier alpha value is -1.97. The summed E-state index contributed by atoms with van der Waals surface area (Å²) in [6.45, 7) is 1.28. The van der Waals surface area contributed by atoms with Crippen LogP contribution in [0.15, 0.2) is 29.8 Å². The fraction of sp³-hybridized carbons (Fsp3) is 0.375. The van der Waals surface area contributed by atoms with Gasteiger partial charge in [-0.25, -0.2) is 9.18 Å². The number of ether oxygens (including phenoxy) is 1. The molecular weight excluding hydrogens is 259 g/mol. The molecule has 20 heavy (non-hydrogen) atoms. The van der Waals surface area contributed by atoms with Gasteiger partial charge >= 0.3 is 5.97 Å². The molecule has 0 radical (unpaired) electrons. The van der Waals surface area contributed by atoms with Crippen molar-refractivity contribution in [1.29, 1.82) is 0 Å². The van der Waals surface area contributed by atoms with E-state index in [1.807, 2.05) is 0 Å². The zero-order chi connectivity index (χ0) is 14.5. The fourth-order valence-corrected chi connectivity index (χ4v) is 2.27. The molecule has 1 saturated carbocycles. The molecular formula is C16H17FO3. The lowest BCUT2D eigenvalue weighted by molar-refractivity contribution is -0.144. The average molecular weight is 276 g/mol. The highest BCUT2D eigenvalue weighted by molar-refractivity contribution is 6.19. The maximum absolute atomic E-state index is 13.6. The topological polar surface area (TPSA) is 43.4 Å². The number of ketones is 1. The summed E-state index contributed by atoms with van der Waals surface area (Å²) in [5, 5.41) is 0. The maximum atomic E-state index is 13.6. The second-order valence-corrected chi connectivity index (χ2v) is 4.95. The summed E-state index contributed by atoms with van der Waals surface area (Å²) in [4.78, 5) is 23.6. The maximum Gasteiger partial charge on any atom is 0.342 e. The fourth-order valence-electron chi connectivity index (χ4n) is 2.27. The van der Waals surface area contributed by atoms with Crippen molar-refractivity contribution in [1.82, 2.24) is 0 Å². The van der Waals surface area contributed by atoms with E-state index in [4.69, 9.17) is 4.74 Å². The lowest BCUT2D eigenvalue weighted by Crippen LogP contribution is -2.19. The number of hydrogen-bond acceptors (Lipinski definition) is 3. The number of hydrogen-bond donors (Lipinski definition) is 0. The van der Waals surface area contributed by atoms with Crippen molar-refractivity contribution in [2.45, 2.75) is 38.7 Å². The standard InChI is InChI=1S/C16H17FO3/c1-11(18)14(10-12-6-2-5-9-15(12)17)16(19)20-13-7-3-4-8-13/h2,5-6,9-10,13H,3-4,7-8H2,1H3. The molecule has 0 amide bonds. The normalized spacial score (nSPS) is 16.2. The number of halogens is 1. The Bertz CT molecular complexity index is 542. The molecule has 0 unspecified atom stereocenters. The Morgan fingerprint density at radius 1 is 1.25 bits per heavy atom. The van der Waals surface area contributed by atoms with Crippen molar-refractivity contribution < 1.29 is 18.7 Å². The minimum absolute atomic E-state index is 0.109. The Morgan fingerprint density at radius 3 is 2.50 bits per heavy atom. The molecule has 3 nitrogen and oxygen atoms in total. The Kier molecular flexibility index (Phi) is 4.66. The first kappa shape index (κ1) is 14.4. The monoisotopic (exact) mass is 276 g/mol. The molecule has 0 heterocycles. The summed E-state index contributed by atoms with van der Waals surface area (Å²) in [6, 6.07) is 6.00. The predicted molar refractivity (Wildman–Crippen MR) is 73.4 cm³/mol. The summed E-state index contributed by atoms with van der Waals surface area (Å²) in [5.41, 5.74) is 0.100. The zero-order valence-electron chi connectivity index (χ0n) is 11.4. The summed E-state index contributed by atoms with van der Waals surface area (Å²) in [7, 11) is 0. The third kappa shape index (κ3) is 3.53. The van der Waals surface area contributed by atoms with E-state index < -0.39 is 17.6 Å². The molecule has 2 rings (SSSR count). The smallest absolute Gasteiger partial charge is 0.342 e. The highest BCUT2D eigenvalue weighted by Crippen LogP contribution is 2.22. The predicted octanol–water partition coefficient (Wildman–Crippen LogP) is 3.28. The van der Waals surface area contributed by atoms with Gasteiger partial charge in [-0.1, -0.05) is 18.2 Å². The minimum atomic E-state index is -0.660. The number of esters is 1. The van der Waals surface area contributed by atoms with Crippen LogP contribution >= 0.6 is 0 Å². The Labute approximate surface area is 117 Å². The molecule has 0 spiro atoms. The van der Waals surface area contributed by atoms with Crippen LogP contribution in [0.1, 0.15) is 38.2 Å². The molecule has 1 aromatic carbocycles. The van der Waals surface area contributed by atoms with Crippen LogP contribution in [0.2, 0.25) is 0 Å². The van der Waals surface area contributed by atoms with Gasteiger partial charge in [-0.15, -0.1) is 0 Å². The lowest BCUT2D eigenvalue weighted by atomic mass is 10.1. The van der Waals surface area contributed by atoms with Crippen LogP contribution in [0.4, 0.5) is 4.39 Å². The van der Waals surface area contributed by atoms with Gasteiger partial charge in [0.05, 0.1) is 0 Å². The van der Waals surface area contributed by atoms with Crippen LogP contribution in [0.5, 0.6) is 0 Å². The highest BCUT2D eigenvalue weighted by atomic mass is 19.1. The second kappa shape index (κ2) is 6.46. The molecule has 0 bridgehead atoms. The number of Topliss-reactive ketones (excluding diaryl/α,β-unsaturated/α-hetero) is 1. The van der Waals surface area contributed by atoms with Crippen LogP contribution < -0.4 is 0 Å². The number of carbonyl (C=O) groups excluding carboxylic acids is 2. The van der Waals surface area contributed by atoms with Crippen molar-refractivity contribution in [3.8, 4) is 0 Å². The molecule has 106 valence electrons. The van der Waals surface area contributed by atoms with Gasteiger partial charge in [0.15, 0.2) is 5.78 Å². The summed E-state index contributed by atoms with van der Waals surface area (Å²) >= 11 is 0.